The van der Waals surface area contributed by atoms with Crippen molar-refractivity contribution in [1.29, 1.82) is 0 Å². The Balaban J connectivity index is 1.64. The van der Waals surface area contributed by atoms with E-state index in [1.54, 1.807) is 0 Å². The molecule has 1 aliphatic rings. The molecule has 0 unspecified atom stereocenters. The molecule has 0 N–H and O–H groups in total. The van der Waals surface area contributed by atoms with E-state index in [0.717, 1.165) is 18.3 Å². The van der Waals surface area contributed by atoms with E-state index in [9.17, 15) is 0 Å². The van der Waals surface area contributed by atoms with Crippen molar-refractivity contribution in [2.24, 2.45) is 5.92 Å². The lowest BCUT2D eigenvalue weighted by Crippen LogP contribution is -2.15. The number of hydrogen-bond acceptors (Lipinski definition) is 1. The summed E-state index contributed by atoms with van der Waals surface area (Å²) < 4.78 is 6.24. The summed E-state index contributed by atoms with van der Waals surface area (Å²) in [5.41, 5.74) is 0. The van der Waals surface area contributed by atoms with Crippen molar-refractivity contribution in [3.05, 3.63) is 59.3 Å². The summed E-state index contributed by atoms with van der Waals surface area (Å²) in [5, 5.41) is 7.14. The number of benzene rings is 2. The van der Waals surface area contributed by atoms with Crippen LogP contribution in [0.2, 0.25) is 0 Å². The van der Waals surface area contributed by atoms with Crippen LogP contribution in [0.1, 0.15) is 32.1 Å². The third-order valence-electron chi connectivity index (χ3n) is 4.86. The largest absolute Gasteiger partial charge is 0.493 e. The Morgan fingerprint density at radius 1 is 0.826 bits per heavy atom. The first kappa shape index (κ1) is 14.8. The smallest absolute Gasteiger partial charge is 0.186 e. The number of hydrogen-bond donors (Lipinski definition) is 0. The van der Waals surface area contributed by atoms with Gasteiger partial charge < -0.3 is 4.74 Å². The van der Waals surface area contributed by atoms with Gasteiger partial charge in [0.25, 0.3) is 0 Å². The topological polar surface area (TPSA) is 9.23 Å². The maximum atomic E-state index is 6.24. The zero-order chi connectivity index (χ0) is 15.5. The fraction of sp³-hybridized carbons (Fsp3) is 0.333. The molecule has 0 radical (unpaired) electrons. The first-order valence-corrected chi connectivity index (χ1v) is 9.98. The Labute approximate surface area is 140 Å². The Kier molecular flexibility index (Phi) is 4.34. The highest BCUT2D eigenvalue weighted by molar-refractivity contribution is 7.37. The number of fused-ring (bicyclic) bond motifs is 1. The van der Waals surface area contributed by atoms with Gasteiger partial charge in [-0.3, -0.25) is 0 Å². The van der Waals surface area contributed by atoms with E-state index in [-0.39, 0.29) is 10.5 Å². The third kappa shape index (κ3) is 3.13. The quantitative estimate of drug-likeness (QED) is 0.495. The zero-order valence-electron chi connectivity index (χ0n) is 13.4. The summed E-state index contributed by atoms with van der Waals surface area (Å²) in [6.07, 6.45) is 6.80. The third-order valence-corrected chi connectivity index (χ3v) is 6.62. The molecule has 2 aromatic carbocycles. The fourth-order valence-corrected chi connectivity index (χ4v) is 5.15. The number of thiophene rings is 1. The van der Waals surface area contributed by atoms with Crippen LogP contribution in [-0.4, -0.2) is 6.61 Å². The van der Waals surface area contributed by atoms with Gasteiger partial charge in [-0.25, -0.2) is 0 Å². The van der Waals surface area contributed by atoms with Crippen molar-refractivity contribution >= 4 is 21.2 Å². The van der Waals surface area contributed by atoms with Crippen molar-refractivity contribution in [2.75, 3.05) is 6.61 Å². The van der Waals surface area contributed by atoms with Gasteiger partial charge in [0.15, 0.2) is 4.90 Å². The van der Waals surface area contributed by atoms with Crippen molar-refractivity contribution in [3.63, 3.8) is 0 Å². The SMILES string of the molecule is c1ccc2c(-[s+]3cccc3)ccc(OCC3CCCCC3)c2c1. The molecule has 3 aromatic rings. The fourth-order valence-electron chi connectivity index (χ4n) is 3.59. The maximum Gasteiger partial charge on any atom is 0.186 e. The van der Waals surface area contributed by atoms with Gasteiger partial charge in [-0.15, -0.1) is 0 Å². The first-order valence-electron chi connectivity index (χ1n) is 8.63. The average molecular weight is 323 g/mol. The van der Waals surface area contributed by atoms with E-state index in [1.165, 1.54) is 47.8 Å². The number of ether oxygens (including phenoxy) is 1. The lowest BCUT2D eigenvalue weighted by atomic mass is 9.90. The lowest BCUT2D eigenvalue weighted by molar-refractivity contribution is 0.210. The molecule has 4 rings (SSSR count). The van der Waals surface area contributed by atoms with Crippen LogP contribution in [0, 0.1) is 5.92 Å². The van der Waals surface area contributed by atoms with Crippen LogP contribution in [0.5, 0.6) is 5.75 Å². The van der Waals surface area contributed by atoms with Crippen LogP contribution in [0.25, 0.3) is 15.7 Å². The molecule has 0 bridgehead atoms. The molecule has 1 aromatic heterocycles. The van der Waals surface area contributed by atoms with Crippen molar-refractivity contribution < 1.29 is 4.74 Å². The summed E-state index contributed by atoms with van der Waals surface area (Å²) in [6.45, 7) is 0.870. The predicted octanol–water partition coefficient (Wildman–Crippen LogP) is 6.54. The second-order valence-corrected chi connectivity index (χ2v) is 8.18. The summed E-state index contributed by atoms with van der Waals surface area (Å²) in [6, 6.07) is 17.4. The Hall–Kier alpha value is -1.80. The Bertz CT molecular complexity index is 770. The van der Waals surface area contributed by atoms with Crippen LogP contribution in [0.4, 0.5) is 0 Å². The molecule has 1 nitrogen and oxygen atoms in total. The molecule has 1 saturated carbocycles. The molecule has 1 fully saturated rings. The zero-order valence-corrected chi connectivity index (χ0v) is 14.2. The predicted molar refractivity (Wildman–Crippen MR) is 99.8 cm³/mol. The van der Waals surface area contributed by atoms with Gasteiger partial charge in [0.2, 0.25) is 0 Å². The number of rotatable bonds is 4. The molecule has 0 saturated heterocycles. The molecule has 0 atom stereocenters. The van der Waals surface area contributed by atoms with Gasteiger partial charge in [-0.2, -0.15) is 0 Å². The minimum Gasteiger partial charge on any atom is -0.493 e. The van der Waals surface area contributed by atoms with E-state index >= 15 is 0 Å². The summed E-state index contributed by atoms with van der Waals surface area (Å²) in [7, 11) is 0.102. The first-order chi connectivity index (χ1) is 11.4. The van der Waals surface area contributed by atoms with Crippen LogP contribution in [0.15, 0.2) is 59.3 Å². The minimum absolute atomic E-state index is 0.102. The van der Waals surface area contributed by atoms with Crippen LogP contribution < -0.4 is 4.74 Å². The highest BCUT2D eigenvalue weighted by Gasteiger charge is 2.17. The molecule has 118 valence electrons. The molecular weight excluding hydrogens is 300 g/mol. The Morgan fingerprint density at radius 3 is 2.35 bits per heavy atom. The van der Waals surface area contributed by atoms with E-state index < -0.39 is 0 Å². The molecule has 1 heterocycles. The molecule has 0 spiro atoms. The van der Waals surface area contributed by atoms with E-state index in [1.807, 2.05) is 0 Å². The van der Waals surface area contributed by atoms with Crippen LogP contribution in [0.3, 0.4) is 0 Å². The van der Waals surface area contributed by atoms with Crippen molar-refractivity contribution in [3.8, 4) is 10.6 Å². The summed E-state index contributed by atoms with van der Waals surface area (Å²) >= 11 is 0. The summed E-state index contributed by atoms with van der Waals surface area (Å²) in [4.78, 5) is 1.40. The standard InChI is InChI=1S/C21H23OS/c1-2-8-17(9-3-1)16-22-20-12-13-21(23-14-6-7-15-23)19-11-5-4-10-18(19)20/h4-7,10-15,17H,1-3,8-9,16H2/q+1. The highest BCUT2D eigenvalue weighted by Crippen LogP contribution is 2.40. The van der Waals surface area contributed by atoms with Crippen LogP contribution >= 0.6 is 10.5 Å². The van der Waals surface area contributed by atoms with Gasteiger partial charge in [0, 0.05) is 27.3 Å². The molecule has 1 aliphatic carbocycles. The second kappa shape index (κ2) is 6.76. The lowest BCUT2D eigenvalue weighted by Gasteiger charge is -2.22. The minimum atomic E-state index is 0.102. The van der Waals surface area contributed by atoms with Gasteiger partial charge in [0.05, 0.1) is 6.61 Å². The normalized spacial score (nSPS) is 15.8. The van der Waals surface area contributed by atoms with Gasteiger partial charge in [-0.1, -0.05) is 37.5 Å². The van der Waals surface area contributed by atoms with Crippen molar-refractivity contribution in [1.82, 2.24) is 0 Å². The second-order valence-electron chi connectivity index (χ2n) is 6.45. The Morgan fingerprint density at radius 2 is 1.57 bits per heavy atom. The molecule has 0 aliphatic heterocycles. The monoisotopic (exact) mass is 323 g/mol. The van der Waals surface area contributed by atoms with Gasteiger partial charge >= 0.3 is 0 Å². The van der Waals surface area contributed by atoms with E-state index in [0.29, 0.717) is 0 Å². The molecule has 0 amide bonds. The summed E-state index contributed by atoms with van der Waals surface area (Å²) in [5.74, 6) is 1.79. The average Bonchev–Trinajstić information content (AvgIpc) is 3.15. The van der Waals surface area contributed by atoms with Gasteiger partial charge in [-0.05, 0) is 43.0 Å². The van der Waals surface area contributed by atoms with Crippen LogP contribution in [-0.2, 0) is 0 Å². The molecule has 23 heavy (non-hydrogen) atoms. The van der Waals surface area contributed by atoms with Gasteiger partial charge in [0.1, 0.15) is 16.5 Å². The molecular formula is C21H23OS+. The van der Waals surface area contributed by atoms with E-state index in [4.69, 9.17) is 4.74 Å². The highest BCUT2D eigenvalue weighted by atomic mass is 32.2. The molecule has 2 heteroatoms. The van der Waals surface area contributed by atoms with E-state index in [2.05, 4.69) is 59.3 Å². The maximum absolute atomic E-state index is 6.24. The van der Waals surface area contributed by atoms with Crippen molar-refractivity contribution in [2.45, 2.75) is 32.1 Å².